The molecule has 0 radical (unpaired) electrons. The van der Waals surface area contributed by atoms with Gasteiger partial charge in [0.05, 0.1) is 34.0 Å². The van der Waals surface area contributed by atoms with Gasteiger partial charge in [0.25, 0.3) is 5.91 Å². The molecule has 6 heterocycles. The van der Waals surface area contributed by atoms with Crippen LogP contribution in [0.25, 0.3) is 56.3 Å². The zero-order valence-corrected chi connectivity index (χ0v) is 71.3. The first-order valence-corrected chi connectivity index (χ1v) is 40.8. The molecule has 14 rings (SSSR count). The standard InChI is InChI=1S/C20H19ClN4O2.C20H25N5O2.C20H20N4O2.C19H17ClN4O2.C14H16N4O2/c1-23-18-11-16(24-20(22)25-18)14-4-2-3-12(9-14)10-17(26)19(27)13-5-7-15(21)8-6-13;1-22-18-13-17(23-20(21)24-18)15-6-4-5-14(11-15)12-16(26)7-8-19(27)25-9-2-3-10-25;1-22-18-12-16(23-20(21)24-18)15-9-5-6-13(10-15)11-17(25)19(26)14-7-3-2-4-8-14;1-2-13-10-16(24-19(21)23-13)11-4-3-5-14(8-11)22-18(26)15-9-12(20)6-7-17(15)25;1-16-13-7-12(17-14(15)18-13)10-4-2-3-9(5-10)6-11(20)8-19/h2-9,11,19,27H,10H2,1H3,(H3,22,23,24,25);4-6,11,13H,2-3,7-10,12H2,1H3,(H3,21,22,23,24);2-10,12,19,26H,11H2,1H3,(H3,21,22,23,24);3-10,25H,2H2,1H3,(H,22,26)(H2,21,23,24);2-5,7,19H,6,8H2,1H3,(H3,15,16,17,18). The summed E-state index contributed by atoms with van der Waals surface area (Å²) in [5, 5.41) is 54.6. The Balaban J connectivity index is 0.000000165. The average molecular weight is 1740 g/mol. The van der Waals surface area contributed by atoms with Crippen LogP contribution in [0.15, 0.2) is 224 Å². The lowest BCUT2D eigenvalue weighted by Gasteiger charge is -2.14. The molecule has 126 heavy (non-hydrogen) atoms. The molecule has 8 aromatic carbocycles. The van der Waals surface area contributed by atoms with Crippen LogP contribution in [0.4, 0.5) is 58.7 Å². The summed E-state index contributed by atoms with van der Waals surface area (Å²) in [5.41, 5.74) is 42.1. The molecule has 0 bridgehead atoms. The highest BCUT2D eigenvalue weighted by Crippen LogP contribution is 2.31. The third-order valence-electron chi connectivity index (χ3n) is 19.4. The van der Waals surface area contributed by atoms with E-state index in [0.29, 0.717) is 91.4 Å². The molecule has 648 valence electrons. The van der Waals surface area contributed by atoms with E-state index in [0.717, 1.165) is 88.1 Å². The van der Waals surface area contributed by atoms with E-state index in [1.54, 1.807) is 113 Å². The molecule has 1 saturated heterocycles. The quantitative estimate of drug-likeness (QED) is 0.0217. The van der Waals surface area contributed by atoms with Crippen molar-refractivity contribution in [2.45, 2.75) is 76.9 Å². The number of Topliss-reactive ketones (excluding diaryl/α,β-unsaturated/α-hetero) is 4. The second-order valence-corrected chi connectivity index (χ2v) is 29.5. The number of nitrogen functional groups attached to an aromatic ring is 5. The number of aromatic nitrogens is 10. The molecule has 1 fully saturated rings. The number of aliphatic hydroxyl groups is 3. The summed E-state index contributed by atoms with van der Waals surface area (Å²) in [4.78, 5) is 116. The van der Waals surface area contributed by atoms with Gasteiger partial charge in [-0.05, 0) is 125 Å². The maximum Gasteiger partial charge on any atom is 0.259 e. The van der Waals surface area contributed by atoms with Crippen LogP contribution in [0.2, 0.25) is 10.0 Å². The number of halogens is 2. The van der Waals surface area contributed by atoms with Gasteiger partial charge in [0.2, 0.25) is 35.6 Å². The lowest BCUT2D eigenvalue weighted by molar-refractivity contribution is -0.132. The summed E-state index contributed by atoms with van der Waals surface area (Å²) < 4.78 is 0. The third-order valence-corrected chi connectivity index (χ3v) is 19.9. The second kappa shape index (κ2) is 45.9. The van der Waals surface area contributed by atoms with Crippen molar-refractivity contribution >= 4 is 117 Å². The second-order valence-electron chi connectivity index (χ2n) is 28.7. The molecule has 19 N–H and O–H groups in total. The fourth-order valence-electron chi connectivity index (χ4n) is 13.0. The highest BCUT2D eigenvalue weighted by atomic mass is 35.5. The van der Waals surface area contributed by atoms with Crippen LogP contribution >= 0.6 is 23.2 Å². The van der Waals surface area contributed by atoms with Gasteiger partial charge in [-0.15, -0.1) is 0 Å². The molecule has 2 unspecified atom stereocenters. The maximum absolute atomic E-state index is 12.5. The molecule has 31 nitrogen and oxygen atoms in total. The van der Waals surface area contributed by atoms with E-state index >= 15 is 0 Å². The number of aromatic hydroxyl groups is 1. The minimum Gasteiger partial charge on any atom is -0.507 e. The Kier molecular flexibility index (Phi) is 34.1. The molecule has 13 aromatic rings. The van der Waals surface area contributed by atoms with Gasteiger partial charge in [0, 0.05) is 153 Å². The van der Waals surface area contributed by atoms with Crippen LogP contribution in [0.1, 0.15) is 94.2 Å². The summed E-state index contributed by atoms with van der Waals surface area (Å²) >= 11 is 11.7. The van der Waals surface area contributed by atoms with Crippen LogP contribution in [-0.4, -0.2) is 158 Å². The molecular weight excluding hydrogens is 1640 g/mol. The van der Waals surface area contributed by atoms with Crippen molar-refractivity contribution in [2.75, 3.05) is 103 Å². The molecule has 2 amide bonds. The largest absolute Gasteiger partial charge is 0.507 e. The summed E-state index contributed by atoms with van der Waals surface area (Å²) in [6, 6.07) is 65.9. The number of amides is 2. The summed E-state index contributed by atoms with van der Waals surface area (Å²) in [6.07, 6.45) is 1.85. The zero-order valence-electron chi connectivity index (χ0n) is 69.8. The third kappa shape index (κ3) is 27.9. The Bertz CT molecular complexity index is 5970. The molecule has 1 aliphatic rings. The summed E-state index contributed by atoms with van der Waals surface area (Å²) in [6.45, 7) is 3.19. The molecule has 0 aliphatic carbocycles. The Labute approximate surface area is 737 Å². The average Bonchev–Trinajstić information content (AvgIpc) is 1.08. The molecule has 0 spiro atoms. The van der Waals surface area contributed by atoms with Gasteiger partial charge in [0.15, 0.2) is 17.3 Å². The number of phenols is 1. The number of rotatable bonds is 28. The lowest BCUT2D eigenvalue weighted by Crippen LogP contribution is -2.27. The number of carbonyl (C=O) groups excluding carboxylic acids is 6. The monoisotopic (exact) mass is 1740 g/mol. The number of nitrogens with two attached hydrogens (primary N) is 5. The Hall–Kier alpha value is -14.8. The van der Waals surface area contributed by atoms with Gasteiger partial charge in [-0.1, -0.05) is 158 Å². The first-order valence-electron chi connectivity index (χ1n) is 40.0. The highest BCUT2D eigenvalue weighted by Gasteiger charge is 2.23. The van der Waals surface area contributed by atoms with Crippen LogP contribution in [0.3, 0.4) is 0 Å². The fraction of sp³-hybridized carbons (Fsp3) is 0.204. The van der Waals surface area contributed by atoms with Gasteiger partial charge in [-0.25, -0.2) is 29.9 Å². The number of carbonyl (C=O) groups is 6. The van der Waals surface area contributed by atoms with Crippen molar-refractivity contribution in [3.05, 3.63) is 279 Å². The Morgan fingerprint density at radius 1 is 0.405 bits per heavy atom. The number of nitrogens with zero attached hydrogens (tertiary/aromatic N) is 11. The number of hydrogen-bond donors (Lipinski definition) is 14. The van der Waals surface area contributed by atoms with Gasteiger partial charge in [-0.2, -0.15) is 19.9 Å². The van der Waals surface area contributed by atoms with Crippen molar-refractivity contribution in [2.24, 2.45) is 0 Å². The van der Waals surface area contributed by atoms with E-state index in [2.05, 4.69) is 76.4 Å². The van der Waals surface area contributed by atoms with Gasteiger partial charge in [0.1, 0.15) is 53.6 Å². The van der Waals surface area contributed by atoms with E-state index in [4.69, 9.17) is 57.0 Å². The van der Waals surface area contributed by atoms with E-state index in [9.17, 15) is 44.1 Å². The number of ketones is 4. The molecule has 2 atom stereocenters. The van der Waals surface area contributed by atoms with Crippen molar-refractivity contribution in [1.29, 1.82) is 0 Å². The lowest BCUT2D eigenvalue weighted by atomic mass is 9.98. The van der Waals surface area contributed by atoms with Gasteiger partial charge >= 0.3 is 0 Å². The first kappa shape index (κ1) is 93.5. The normalized spacial score (nSPS) is 11.7. The predicted molar refractivity (Wildman–Crippen MR) is 493 cm³/mol. The number of likely N-dealkylation sites (tertiary alicyclic amines) is 1. The van der Waals surface area contributed by atoms with Crippen LogP contribution < -0.4 is 55.3 Å². The van der Waals surface area contributed by atoms with Crippen molar-refractivity contribution in [1.82, 2.24) is 54.7 Å². The number of anilines is 10. The SMILES string of the molecule is CCc1cc(-c2cccc(NC(=O)c3cc(Cl)ccc3O)c2)nc(N)n1.CNc1cc(-c2cccc(CC(=O)C(O)c3ccc(Cl)cc3)c2)nc(N)n1.CNc1cc(-c2cccc(CC(=O)C(O)c3ccccc3)c2)nc(N)n1.CNc1cc(-c2cccc(CC(=O)CCC(=O)N3CCCC3)c2)nc(N)n1.CNc1cc(-c2cccc(CC(=O)CO)c2)nc(N)n1. The molecule has 5 aromatic heterocycles. The van der Waals surface area contributed by atoms with E-state index in [1.807, 2.05) is 133 Å². The van der Waals surface area contributed by atoms with E-state index < -0.39 is 24.7 Å². The van der Waals surface area contributed by atoms with E-state index in [1.165, 1.54) is 18.2 Å². The summed E-state index contributed by atoms with van der Waals surface area (Å²) in [7, 11) is 7.02. The summed E-state index contributed by atoms with van der Waals surface area (Å²) in [5.74, 6) is 2.19. The number of benzene rings is 8. The number of aliphatic hydroxyl groups excluding tert-OH is 3. The predicted octanol–water partition coefficient (Wildman–Crippen LogP) is 12.9. The first-order chi connectivity index (χ1) is 60.6. The highest BCUT2D eigenvalue weighted by molar-refractivity contribution is 6.31. The number of hydrogen-bond acceptors (Lipinski definition) is 29. The zero-order chi connectivity index (χ0) is 90.3. The molecule has 1 aliphatic heterocycles. The number of phenolic OH excluding ortho intramolecular Hbond substituents is 1. The smallest absolute Gasteiger partial charge is 0.259 e. The number of nitrogens with one attached hydrogen (secondary N) is 5. The molecule has 33 heteroatoms. The van der Waals surface area contributed by atoms with Crippen molar-refractivity contribution < 1.29 is 49.2 Å². The van der Waals surface area contributed by atoms with Crippen molar-refractivity contribution in [3.63, 3.8) is 0 Å². The Morgan fingerprint density at radius 2 is 0.778 bits per heavy atom. The van der Waals surface area contributed by atoms with Crippen LogP contribution in [-0.2, 0) is 56.1 Å². The van der Waals surface area contributed by atoms with Crippen LogP contribution in [0.5, 0.6) is 5.75 Å². The van der Waals surface area contributed by atoms with E-state index in [-0.39, 0.29) is 95.8 Å². The van der Waals surface area contributed by atoms with Crippen LogP contribution in [0, 0.1) is 0 Å². The Morgan fingerprint density at radius 3 is 1.19 bits per heavy atom. The van der Waals surface area contributed by atoms with Gasteiger partial charge in [-0.3, -0.25) is 28.8 Å². The van der Waals surface area contributed by atoms with Crippen molar-refractivity contribution in [3.8, 4) is 62.0 Å². The topological polar surface area (TPSA) is 506 Å². The minimum atomic E-state index is -1.20. The molecule has 0 saturated carbocycles. The number of aryl methyl sites for hydroxylation is 1. The fourth-order valence-corrected chi connectivity index (χ4v) is 13.3. The molecular formula is C93H97Cl2N21O10. The minimum absolute atomic E-state index is 0.0674. The van der Waals surface area contributed by atoms with Gasteiger partial charge < -0.3 is 80.6 Å². The maximum atomic E-state index is 12.5.